The van der Waals surface area contributed by atoms with E-state index in [2.05, 4.69) is 5.32 Å². The fourth-order valence-electron chi connectivity index (χ4n) is 2.40. The molecule has 0 unspecified atom stereocenters. The van der Waals surface area contributed by atoms with Crippen molar-refractivity contribution >= 4 is 17.7 Å². The molecule has 0 fully saturated rings. The number of anilines is 1. The van der Waals surface area contributed by atoms with Crippen LogP contribution >= 0.6 is 0 Å². The topological polar surface area (TPSA) is 67.9 Å². The zero-order valence-electron chi connectivity index (χ0n) is 17.1. The molecule has 0 aliphatic rings. The molecule has 2 amide bonds. The number of amides is 2. The van der Waals surface area contributed by atoms with Crippen LogP contribution in [0, 0.1) is 6.92 Å². The number of benzene rings is 2. The van der Waals surface area contributed by atoms with Gasteiger partial charge in [-0.3, -0.25) is 4.79 Å². The third-order valence-corrected chi connectivity index (χ3v) is 3.73. The number of aryl methyl sites for hydroxylation is 1. The van der Waals surface area contributed by atoms with Crippen LogP contribution in [0.2, 0.25) is 0 Å². The minimum absolute atomic E-state index is 0.124. The molecule has 28 heavy (non-hydrogen) atoms. The van der Waals surface area contributed by atoms with Crippen LogP contribution in [0.25, 0.3) is 0 Å². The molecule has 0 atom stereocenters. The lowest BCUT2D eigenvalue weighted by atomic mass is 10.2. The van der Waals surface area contributed by atoms with E-state index in [4.69, 9.17) is 9.47 Å². The first-order valence-corrected chi connectivity index (χ1v) is 9.15. The Morgan fingerprint density at radius 3 is 2.39 bits per heavy atom. The van der Waals surface area contributed by atoms with Gasteiger partial charge in [-0.1, -0.05) is 36.4 Å². The van der Waals surface area contributed by atoms with Crippen molar-refractivity contribution in [2.75, 3.05) is 18.9 Å². The van der Waals surface area contributed by atoms with Crippen molar-refractivity contribution in [2.24, 2.45) is 0 Å². The molecule has 0 aliphatic heterocycles. The molecule has 0 saturated heterocycles. The first kappa shape index (κ1) is 21.3. The number of likely N-dealkylation sites (N-methyl/N-ethyl adjacent to an activating group) is 1. The summed E-state index contributed by atoms with van der Waals surface area (Å²) in [6, 6.07) is 15.4. The Morgan fingerprint density at radius 2 is 1.75 bits per heavy atom. The molecular formula is C22H28N2O4. The Morgan fingerprint density at radius 1 is 1.07 bits per heavy atom. The Balaban J connectivity index is 2.00. The summed E-state index contributed by atoms with van der Waals surface area (Å²) >= 11 is 0. The van der Waals surface area contributed by atoms with E-state index < -0.39 is 11.7 Å². The van der Waals surface area contributed by atoms with E-state index in [9.17, 15) is 9.59 Å². The van der Waals surface area contributed by atoms with Crippen molar-refractivity contribution in [3.8, 4) is 5.75 Å². The number of carbonyl (C=O) groups is 2. The van der Waals surface area contributed by atoms with E-state index in [1.54, 1.807) is 26.8 Å². The summed E-state index contributed by atoms with van der Waals surface area (Å²) in [5.41, 5.74) is 2.00. The smallest absolute Gasteiger partial charge is 0.410 e. The lowest BCUT2D eigenvalue weighted by Crippen LogP contribution is -2.38. The third-order valence-electron chi connectivity index (χ3n) is 3.73. The quantitative estimate of drug-likeness (QED) is 0.803. The predicted octanol–water partition coefficient (Wildman–Crippen LogP) is 4.38. The molecule has 6 nitrogen and oxygen atoms in total. The van der Waals surface area contributed by atoms with Crippen LogP contribution < -0.4 is 10.1 Å². The van der Waals surface area contributed by atoms with E-state index in [0.29, 0.717) is 18.0 Å². The van der Waals surface area contributed by atoms with Gasteiger partial charge in [0, 0.05) is 7.05 Å². The maximum atomic E-state index is 12.4. The summed E-state index contributed by atoms with van der Waals surface area (Å²) in [6.07, 6.45) is -0.549. The lowest BCUT2D eigenvalue weighted by Gasteiger charge is -2.24. The molecule has 150 valence electrons. The Kier molecular flexibility index (Phi) is 7.04. The highest BCUT2D eigenvalue weighted by Gasteiger charge is 2.21. The molecule has 2 rings (SSSR count). The Hall–Kier alpha value is -3.02. The third kappa shape index (κ3) is 6.95. The fourth-order valence-corrected chi connectivity index (χ4v) is 2.40. The van der Waals surface area contributed by atoms with Gasteiger partial charge in [-0.25, -0.2) is 4.79 Å². The highest BCUT2D eigenvalue weighted by Crippen LogP contribution is 2.26. The van der Waals surface area contributed by atoms with Crippen molar-refractivity contribution in [1.29, 1.82) is 0 Å². The Bertz CT molecular complexity index is 813. The molecule has 2 aromatic carbocycles. The van der Waals surface area contributed by atoms with Crippen LogP contribution in [-0.4, -0.2) is 36.1 Å². The second-order valence-corrected chi connectivity index (χ2v) is 7.66. The van der Waals surface area contributed by atoms with Crippen LogP contribution in [-0.2, 0) is 16.1 Å². The average Bonchev–Trinajstić information content (AvgIpc) is 2.61. The van der Waals surface area contributed by atoms with E-state index in [1.165, 1.54) is 11.9 Å². The standard InChI is InChI=1S/C22H28N2O4/c1-16-11-12-18(19(13-16)27-15-17-9-7-6-8-10-17)23-20(25)14-24(5)21(26)28-22(2,3)4/h6-13H,14-15H2,1-5H3,(H,23,25). The zero-order valence-corrected chi connectivity index (χ0v) is 17.1. The predicted molar refractivity (Wildman–Crippen MR) is 109 cm³/mol. The normalized spacial score (nSPS) is 10.9. The summed E-state index contributed by atoms with van der Waals surface area (Å²) in [5.74, 6) is 0.249. The van der Waals surface area contributed by atoms with E-state index in [-0.39, 0.29) is 12.5 Å². The molecule has 0 saturated carbocycles. The molecule has 0 aromatic heterocycles. The van der Waals surface area contributed by atoms with Gasteiger partial charge in [0.15, 0.2) is 0 Å². The number of rotatable bonds is 6. The lowest BCUT2D eigenvalue weighted by molar-refractivity contribution is -0.117. The number of ether oxygens (including phenoxy) is 2. The van der Waals surface area contributed by atoms with Gasteiger partial charge in [-0.05, 0) is 51.0 Å². The van der Waals surface area contributed by atoms with Gasteiger partial charge in [0.25, 0.3) is 0 Å². The van der Waals surface area contributed by atoms with Crippen LogP contribution in [0.3, 0.4) is 0 Å². The summed E-state index contributed by atoms with van der Waals surface area (Å²) in [5, 5.41) is 2.81. The summed E-state index contributed by atoms with van der Waals surface area (Å²) in [4.78, 5) is 25.6. The van der Waals surface area contributed by atoms with Gasteiger partial charge >= 0.3 is 6.09 Å². The maximum Gasteiger partial charge on any atom is 0.410 e. The van der Waals surface area contributed by atoms with Gasteiger partial charge in [0.1, 0.15) is 24.5 Å². The van der Waals surface area contributed by atoms with Crippen molar-refractivity contribution in [2.45, 2.75) is 39.9 Å². The molecule has 0 aliphatic carbocycles. The monoisotopic (exact) mass is 384 g/mol. The maximum absolute atomic E-state index is 12.4. The first-order valence-electron chi connectivity index (χ1n) is 9.15. The largest absolute Gasteiger partial charge is 0.487 e. The van der Waals surface area contributed by atoms with E-state index in [0.717, 1.165) is 11.1 Å². The Labute approximate surface area is 166 Å². The molecule has 2 aromatic rings. The summed E-state index contributed by atoms with van der Waals surface area (Å²) in [6.45, 7) is 7.56. The van der Waals surface area contributed by atoms with Gasteiger partial charge in [-0.2, -0.15) is 0 Å². The van der Waals surface area contributed by atoms with Crippen LogP contribution in [0.5, 0.6) is 5.75 Å². The molecule has 1 N–H and O–H groups in total. The highest BCUT2D eigenvalue weighted by atomic mass is 16.6. The van der Waals surface area contributed by atoms with Crippen molar-refractivity contribution in [3.63, 3.8) is 0 Å². The summed E-state index contributed by atoms with van der Waals surface area (Å²) in [7, 11) is 1.52. The van der Waals surface area contributed by atoms with Crippen LogP contribution in [0.4, 0.5) is 10.5 Å². The van der Waals surface area contributed by atoms with Gasteiger partial charge < -0.3 is 19.7 Å². The highest BCUT2D eigenvalue weighted by molar-refractivity contribution is 5.95. The van der Waals surface area contributed by atoms with Crippen LogP contribution in [0.1, 0.15) is 31.9 Å². The van der Waals surface area contributed by atoms with Gasteiger partial charge in [0.2, 0.25) is 5.91 Å². The molecular weight excluding hydrogens is 356 g/mol. The minimum atomic E-state index is -0.614. The number of carbonyl (C=O) groups excluding carboxylic acids is 2. The second kappa shape index (κ2) is 9.26. The number of hydrogen-bond acceptors (Lipinski definition) is 4. The van der Waals surface area contributed by atoms with Crippen molar-refractivity contribution < 1.29 is 19.1 Å². The molecule has 0 bridgehead atoms. The minimum Gasteiger partial charge on any atom is -0.487 e. The zero-order chi connectivity index (χ0) is 20.7. The fraction of sp³-hybridized carbons (Fsp3) is 0.364. The summed E-state index contributed by atoms with van der Waals surface area (Å²) < 4.78 is 11.2. The second-order valence-electron chi connectivity index (χ2n) is 7.66. The molecule has 0 radical (unpaired) electrons. The van der Waals surface area contributed by atoms with Crippen molar-refractivity contribution in [3.05, 3.63) is 59.7 Å². The number of hydrogen-bond donors (Lipinski definition) is 1. The van der Waals surface area contributed by atoms with Crippen LogP contribution in [0.15, 0.2) is 48.5 Å². The number of nitrogens with one attached hydrogen (secondary N) is 1. The first-order chi connectivity index (χ1) is 13.1. The van der Waals surface area contributed by atoms with Crippen molar-refractivity contribution in [1.82, 2.24) is 4.90 Å². The molecule has 0 spiro atoms. The van der Waals surface area contributed by atoms with E-state index in [1.807, 2.05) is 49.4 Å². The van der Waals surface area contributed by atoms with Gasteiger partial charge in [-0.15, -0.1) is 0 Å². The number of nitrogens with zero attached hydrogens (tertiary/aromatic N) is 1. The average molecular weight is 384 g/mol. The SMILES string of the molecule is Cc1ccc(NC(=O)CN(C)C(=O)OC(C)(C)C)c(OCc2ccccc2)c1. The van der Waals surface area contributed by atoms with Gasteiger partial charge in [0.05, 0.1) is 5.69 Å². The van der Waals surface area contributed by atoms with E-state index >= 15 is 0 Å². The molecule has 0 heterocycles. The molecule has 6 heteroatoms.